The number of halogens is 1. The molecule has 1 aliphatic carbocycles. The minimum absolute atomic E-state index is 0.108. The Balaban J connectivity index is 1.77. The normalized spacial score (nSPS) is 13.8. The maximum absolute atomic E-state index is 12.8. The van der Waals surface area contributed by atoms with E-state index in [4.69, 9.17) is 11.6 Å². The lowest BCUT2D eigenvalue weighted by Crippen LogP contribution is -2.35. The second-order valence-electron chi connectivity index (χ2n) is 5.48. The number of non-ortho nitro benzene ring substituents is 1. The summed E-state index contributed by atoms with van der Waals surface area (Å²) in [5, 5.41) is 12.9. The number of carbonyl (C=O) groups excluding carboxylic acids is 1. The summed E-state index contributed by atoms with van der Waals surface area (Å²) in [5.74, 6) is -0.149. The highest BCUT2D eigenvalue weighted by Gasteiger charge is 2.33. The van der Waals surface area contributed by atoms with E-state index >= 15 is 0 Å². The van der Waals surface area contributed by atoms with E-state index in [9.17, 15) is 14.9 Å². The van der Waals surface area contributed by atoms with Gasteiger partial charge < -0.3 is 4.90 Å². The van der Waals surface area contributed by atoms with Gasteiger partial charge in [0.1, 0.15) is 0 Å². The van der Waals surface area contributed by atoms with Crippen LogP contribution in [0.3, 0.4) is 0 Å². The van der Waals surface area contributed by atoms with E-state index in [2.05, 4.69) is 6.07 Å². The number of nitro benzene ring substituents is 1. The van der Waals surface area contributed by atoms with Gasteiger partial charge in [-0.3, -0.25) is 14.9 Å². The van der Waals surface area contributed by atoms with E-state index in [1.54, 1.807) is 11.3 Å². The number of hydrogen-bond donors (Lipinski definition) is 0. The fourth-order valence-corrected chi connectivity index (χ4v) is 3.42. The van der Waals surface area contributed by atoms with E-state index < -0.39 is 4.92 Å². The molecule has 5 nitrogen and oxygen atoms in total. The van der Waals surface area contributed by atoms with E-state index in [0.717, 1.165) is 19.3 Å². The molecule has 3 rings (SSSR count). The van der Waals surface area contributed by atoms with Crippen molar-refractivity contribution in [2.24, 2.45) is 0 Å². The highest BCUT2D eigenvalue weighted by atomic mass is 35.5. The van der Waals surface area contributed by atoms with Crippen LogP contribution < -0.4 is 0 Å². The van der Waals surface area contributed by atoms with Gasteiger partial charge in [-0.2, -0.15) is 0 Å². The molecule has 0 N–H and O–H groups in total. The Morgan fingerprint density at radius 1 is 1.39 bits per heavy atom. The number of thiophene rings is 1. The van der Waals surface area contributed by atoms with Gasteiger partial charge in [-0.05, 0) is 36.8 Å². The molecule has 0 spiro atoms. The molecule has 0 aliphatic heterocycles. The van der Waals surface area contributed by atoms with Crippen LogP contribution in [0.1, 0.15) is 28.1 Å². The van der Waals surface area contributed by atoms with Crippen LogP contribution in [0.5, 0.6) is 0 Å². The molecule has 23 heavy (non-hydrogen) atoms. The maximum Gasteiger partial charge on any atom is 0.270 e. The Bertz CT molecular complexity index is 729. The summed E-state index contributed by atoms with van der Waals surface area (Å²) in [4.78, 5) is 26.1. The Kier molecular flexibility index (Phi) is 4.63. The largest absolute Gasteiger partial charge is 0.335 e. The Morgan fingerprint density at radius 3 is 2.74 bits per heavy atom. The Labute approximate surface area is 142 Å². The number of carbonyl (C=O) groups is 1. The molecule has 0 unspecified atom stereocenters. The topological polar surface area (TPSA) is 63.4 Å². The summed E-state index contributed by atoms with van der Waals surface area (Å²) < 4.78 is 0. The van der Waals surface area contributed by atoms with Gasteiger partial charge in [0.15, 0.2) is 0 Å². The molecule has 0 saturated heterocycles. The quantitative estimate of drug-likeness (QED) is 0.580. The molecule has 1 fully saturated rings. The zero-order valence-electron chi connectivity index (χ0n) is 12.3. The molecular formula is C16H15ClN2O3S. The van der Waals surface area contributed by atoms with Crippen LogP contribution in [-0.4, -0.2) is 28.3 Å². The summed E-state index contributed by atoms with van der Waals surface area (Å²) in [6, 6.07) is 8.32. The minimum Gasteiger partial charge on any atom is -0.335 e. The van der Waals surface area contributed by atoms with Gasteiger partial charge in [-0.1, -0.05) is 17.7 Å². The number of nitrogens with zero attached hydrogens (tertiary/aromatic N) is 2. The lowest BCUT2D eigenvalue weighted by Gasteiger charge is -2.22. The monoisotopic (exact) mass is 350 g/mol. The zero-order valence-corrected chi connectivity index (χ0v) is 13.8. The van der Waals surface area contributed by atoms with Crippen molar-refractivity contribution < 1.29 is 9.72 Å². The Hall–Kier alpha value is -1.92. The Morgan fingerprint density at radius 2 is 2.17 bits per heavy atom. The molecule has 7 heteroatoms. The third-order valence-corrected chi connectivity index (χ3v) is 5.07. The molecule has 0 atom stereocenters. The van der Waals surface area contributed by atoms with Gasteiger partial charge in [0, 0.05) is 29.6 Å². The van der Waals surface area contributed by atoms with Crippen LogP contribution in [0, 0.1) is 10.1 Å². The fourth-order valence-electron chi connectivity index (χ4n) is 2.47. The van der Waals surface area contributed by atoms with Crippen LogP contribution in [0.15, 0.2) is 35.7 Å². The van der Waals surface area contributed by atoms with Gasteiger partial charge in [-0.25, -0.2) is 0 Å². The molecule has 2 aromatic rings. The average Bonchev–Trinajstić information content (AvgIpc) is 3.22. The molecule has 0 bridgehead atoms. The standard InChI is InChI=1S/C16H15ClN2O3S/c17-15-10-12(19(21)22)5-6-14(15)16(20)18(11-3-4-11)8-7-13-2-1-9-23-13/h1-2,5-6,9-11H,3-4,7-8H2. The van der Waals surface area contributed by atoms with Crippen molar-refractivity contribution in [3.63, 3.8) is 0 Å². The molecule has 1 aromatic carbocycles. The zero-order chi connectivity index (χ0) is 16.4. The lowest BCUT2D eigenvalue weighted by atomic mass is 10.1. The molecule has 1 heterocycles. The smallest absolute Gasteiger partial charge is 0.270 e. The summed E-state index contributed by atoms with van der Waals surface area (Å²) in [6.45, 7) is 0.636. The molecular weight excluding hydrogens is 336 g/mol. The maximum atomic E-state index is 12.8. The van der Waals surface area contributed by atoms with E-state index in [1.165, 1.54) is 23.1 Å². The van der Waals surface area contributed by atoms with Crippen molar-refractivity contribution in [2.75, 3.05) is 6.54 Å². The number of rotatable bonds is 6. The number of nitro groups is 1. The first-order valence-corrected chi connectivity index (χ1v) is 8.59. The first-order valence-electron chi connectivity index (χ1n) is 7.33. The van der Waals surface area contributed by atoms with Crippen LogP contribution in [-0.2, 0) is 6.42 Å². The van der Waals surface area contributed by atoms with Crippen molar-refractivity contribution in [1.29, 1.82) is 0 Å². The van der Waals surface area contributed by atoms with Crippen molar-refractivity contribution >= 4 is 34.5 Å². The van der Waals surface area contributed by atoms with Crippen molar-refractivity contribution in [3.05, 3.63) is 61.3 Å². The fraction of sp³-hybridized carbons (Fsp3) is 0.312. The summed E-state index contributed by atoms with van der Waals surface area (Å²) in [7, 11) is 0. The third kappa shape index (κ3) is 3.71. The SMILES string of the molecule is O=C(c1ccc([N+](=O)[O-])cc1Cl)N(CCc1cccs1)C1CC1. The number of hydrogen-bond acceptors (Lipinski definition) is 4. The van der Waals surface area contributed by atoms with Crippen molar-refractivity contribution in [2.45, 2.75) is 25.3 Å². The second kappa shape index (κ2) is 6.68. The minimum atomic E-state index is -0.518. The third-order valence-electron chi connectivity index (χ3n) is 3.82. The van der Waals surface area contributed by atoms with Crippen molar-refractivity contribution in [3.8, 4) is 0 Å². The predicted molar refractivity (Wildman–Crippen MR) is 90.2 cm³/mol. The predicted octanol–water partition coefficient (Wildman–Crippen LogP) is 4.16. The van der Waals surface area contributed by atoms with Crippen LogP contribution in [0.25, 0.3) is 0 Å². The van der Waals surface area contributed by atoms with Crippen LogP contribution >= 0.6 is 22.9 Å². The summed E-state index contributed by atoms with van der Waals surface area (Å²) in [5.41, 5.74) is 0.221. The van der Waals surface area contributed by atoms with Gasteiger partial charge in [0.05, 0.1) is 15.5 Å². The van der Waals surface area contributed by atoms with E-state index in [1.807, 2.05) is 16.3 Å². The number of benzene rings is 1. The van der Waals surface area contributed by atoms with Crippen LogP contribution in [0.4, 0.5) is 5.69 Å². The van der Waals surface area contributed by atoms with Gasteiger partial charge in [0.2, 0.25) is 0 Å². The molecule has 1 saturated carbocycles. The van der Waals surface area contributed by atoms with Gasteiger partial charge in [0.25, 0.3) is 11.6 Å². The summed E-state index contributed by atoms with van der Waals surface area (Å²) in [6.07, 6.45) is 2.81. The lowest BCUT2D eigenvalue weighted by molar-refractivity contribution is -0.384. The number of amides is 1. The van der Waals surface area contributed by atoms with Crippen LogP contribution in [0.2, 0.25) is 5.02 Å². The first-order chi connectivity index (χ1) is 11.1. The first kappa shape index (κ1) is 16.0. The van der Waals surface area contributed by atoms with Gasteiger partial charge >= 0.3 is 0 Å². The van der Waals surface area contributed by atoms with Crippen molar-refractivity contribution in [1.82, 2.24) is 4.90 Å². The molecule has 1 aromatic heterocycles. The average molecular weight is 351 g/mol. The summed E-state index contributed by atoms with van der Waals surface area (Å²) >= 11 is 7.76. The molecule has 120 valence electrons. The van der Waals surface area contributed by atoms with Gasteiger partial charge in [-0.15, -0.1) is 11.3 Å². The highest BCUT2D eigenvalue weighted by Crippen LogP contribution is 2.31. The molecule has 1 aliphatic rings. The molecule has 0 radical (unpaired) electrons. The van der Waals surface area contributed by atoms with E-state index in [0.29, 0.717) is 12.1 Å². The molecule has 1 amide bonds. The van der Waals surface area contributed by atoms with E-state index in [-0.39, 0.29) is 22.7 Å². The second-order valence-corrected chi connectivity index (χ2v) is 6.92. The highest BCUT2D eigenvalue weighted by molar-refractivity contribution is 7.09.